The molecule has 0 radical (unpaired) electrons. The third-order valence-electron chi connectivity index (χ3n) is 18.1. The highest BCUT2D eigenvalue weighted by Gasteiger charge is 2.22. The van der Waals surface area contributed by atoms with Gasteiger partial charge in [0.15, 0.2) is 24.8 Å². The van der Waals surface area contributed by atoms with Crippen LogP contribution in [-0.2, 0) is 34.6 Å². The van der Waals surface area contributed by atoms with E-state index in [2.05, 4.69) is 293 Å². The predicted molar refractivity (Wildman–Crippen MR) is 383 cm³/mol. The van der Waals surface area contributed by atoms with E-state index in [1.54, 1.807) is 0 Å². The molecule has 12 aromatic heterocycles. The molecule has 16 aromatic rings. The maximum Gasteiger partial charge on any atom is 0.212 e. The van der Waals surface area contributed by atoms with E-state index < -0.39 is 0 Å². The SMILES string of the molecule is Cc1cc2c(cc1-c1cc(C(C)C)cc[n+]1C)nc1ccccn12.Cc1cc2c(cc1-c1cc(CC(C)(C)C)cc[n+]1C)nc1ccccn12.Cc1cc[n+](C)c(-c2cc3nc4ccccn4c3cc2C)c1.Cc1ccc(-c2cc3nc4ccccn4c3cc2C)[n+](C)c1. The Kier molecular flexibility index (Phi) is 16.6. The van der Waals surface area contributed by atoms with Crippen LogP contribution in [0.4, 0.5) is 0 Å². The number of imidazole rings is 4. The lowest BCUT2D eigenvalue weighted by molar-refractivity contribution is -0.660. The second-order valence-corrected chi connectivity index (χ2v) is 27.1. The molecule has 4 aromatic carbocycles. The van der Waals surface area contributed by atoms with Crippen molar-refractivity contribution in [2.75, 3.05) is 0 Å². The summed E-state index contributed by atoms with van der Waals surface area (Å²) in [5.41, 5.74) is 33.2. The summed E-state index contributed by atoms with van der Waals surface area (Å²) in [6, 6.07) is 60.0. The summed E-state index contributed by atoms with van der Waals surface area (Å²) < 4.78 is 17.3. The van der Waals surface area contributed by atoms with Crippen LogP contribution in [0.3, 0.4) is 0 Å². The lowest BCUT2D eigenvalue weighted by atomic mass is 9.88. The van der Waals surface area contributed by atoms with Crippen molar-refractivity contribution in [3.8, 4) is 45.0 Å². The molecule has 468 valence electrons. The number of fused-ring (bicyclic) bond motifs is 12. The molecule has 0 aliphatic carbocycles. The summed E-state index contributed by atoms with van der Waals surface area (Å²) in [5.74, 6) is 0.518. The molecule has 0 spiro atoms. The monoisotopic (exact) mass is 1240 g/mol. The zero-order valence-corrected chi connectivity index (χ0v) is 56.9. The second-order valence-electron chi connectivity index (χ2n) is 27.1. The Morgan fingerprint density at radius 2 is 0.723 bits per heavy atom. The third-order valence-corrected chi connectivity index (χ3v) is 18.1. The fourth-order valence-electron chi connectivity index (χ4n) is 13.2. The third kappa shape index (κ3) is 12.3. The summed E-state index contributed by atoms with van der Waals surface area (Å²) in [5, 5.41) is 0. The predicted octanol–water partition coefficient (Wildman–Crippen LogP) is 16.5. The van der Waals surface area contributed by atoms with Gasteiger partial charge in [-0.15, -0.1) is 0 Å². The first-order chi connectivity index (χ1) is 45.1. The Hall–Kier alpha value is -10.7. The van der Waals surface area contributed by atoms with Crippen molar-refractivity contribution in [1.29, 1.82) is 0 Å². The van der Waals surface area contributed by atoms with Crippen molar-refractivity contribution >= 4 is 66.7 Å². The van der Waals surface area contributed by atoms with E-state index in [9.17, 15) is 0 Å². The number of hydrogen-bond acceptors (Lipinski definition) is 4. The van der Waals surface area contributed by atoms with Crippen molar-refractivity contribution < 1.29 is 18.3 Å². The van der Waals surface area contributed by atoms with E-state index in [-0.39, 0.29) is 5.41 Å². The fourth-order valence-corrected chi connectivity index (χ4v) is 13.2. The Labute approximate surface area is 550 Å². The van der Waals surface area contributed by atoms with Gasteiger partial charge in [-0.1, -0.05) is 58.9 Å². The molecule has 94 heavy (non-hydrogen) atoms. The van der Waals surface area contributed by atoms with E-state index >= 15 is 0 Å². The number of rotatable bonds is 6. The van der Waals surface area contributed by atoms with E-state index in [0.29, 0.717) is 5.92 Å². The van der Waals surface area contributed by atoms with Crippen molar-refractivity contribution in [2.24, 2.45) is 33.6 Å². The van der Waals surface area contributed by atoms with Crippen molar-refractivity contribution in [2.45, 2.75) is 88.5 Å². The Morgan fingerprint density at radius 3 is 1.11 bits per heavy atom. The topological polar surface area (TPSA) is 84.7 Å². The van der Waals surface area contributed by atoms with Crippen LogP contribution in [0.15, 0.2) is 219 Å². The van der Waals surface area contributed by atoms with Crippen molar-refractivity contribution in [3.05, 3.63) is 264 Å². The van der Waals surface area contributed by atoms with Gasteiger partial charge in [-0.2, -0.15) is 0 Å². The molecule has 12 heterocycles. The number of benzene rings is 4. The molecule has 0 atom stereocenters. The van der Waals surface area contributed by atoms with Gasteiger partial charge in [-0.05, 0) is 201 Å². The van der Waals surface area contributed by atoms with Crippen LogP contribution < -0.4 is 18.3 Å². The minimum absolute atomic E-state index is 0.276. The molecule has 0 aliphatic rings. The van der Waals surface area contributed by atoms with Gasteiger partial charge in [0.1, 0.15) is 50.8 Å². The van der Waals surface area contributed by atoms with Gasteiger partial charge in [-0.3, -0.25) is 17.6 Å². The Balaban J connectivity index is 0.000000114. The molecule has 12 nitrogen and oxygen atoms in total. The summed E-state index contributed by atoms with van der Waals surface area (Å²) in [4.78, 5) is 19.1. The quantitative estimate of drug-likeness (QED) is 0.155. The molecule has 0 bridgehead atoms. The minimum atomic E-state index is 0.276. The van der Waals surface area contributed by atoms with Crippen LogP contribution in [0.5, 0.6) is 0 Å². The van der Waals surface area contributed by atoms with Gasteiger partial charge in [-0.25, -0.2) is 38.2 Å². The van der Waals surface area contributed by atoms with Crippen LogP contribution in [0.25, 0.3) is 112 Å². The molecule has 0 unspecified atom stereocenters. The molecule has 0 aliphatic heterocycles. The van der Waals surface area contributed by atoms with Crippen LogP contribution in [0.2, 0.25) is 0 Å². The van der Waals surface area contributed by atoms with Crippen molar-refractivity contribution in [1.82, 2.24) is 37.5 Å². The van der Waals surface area contributed by atoms with E-state index in [1.807, 2.05) is 66.7 Å². The first-order valence-corrected chi connectivity index (χ1v) is 32.5. The standard InChI is InChI=1S/C23H26N3.C21H22N3.2C19H18N3/c1-16-12-21-19(24-22-8-6-7-10-26(21)22)14-18(16)20-13-17(9-11-25(20)5)15-23(2,3)4;1-14(2)16-8-10-23(4)19(12-16)17-13-18-20(11-15(17)3)24-9-6-5-7-21(24)22-18;1-13-7-8-17(21(3)12-13)15-11-16-18(10-14(15)2)22-9-5-4-6-19(22)20-16;1-13-7-9-21(3)17(10-13)15-12-16-18(11-14(15)2)22-8-5-4-6-19(22)20-16/h6-14H,15H2,1-5H3;5-14H,1-4H3;2*4-12H,1-3H3/q4*+1. The van der Waals surface area contributed by atoms with E-state index in [1.165, 1.54) is 89.5 Å². The van der Waals surface area contributed by atoms with E-state index in [0.717, 1.165) is 73.1 Å². The number of hydrogen-bond donors (Lipinski definition) is 0. The highest BCUT2D eigenvalue weighted by Crippen LogP contribution is 2.33. The lowest BCUT2D eigenvalue weighted by Gasteiger charge is -2.18. The van der Waals surface area contributed by atoms with Crippen LogP contribution in [0.1, 0.15) is 85.0 Å². The second kappa shape index (κ2) is 25.1. The molecular weight excluding hydrogens is 1150 g/mol. The highest BCUT2D eigenvalue weighted by atomic mass is 15.0. The largest absolute Gasteiger partial charge is 0.300 e. The molecule has 0 saturated carbocycles. The number of pyridine rings is 8. The van der Waals surface area contributed by atoms with Gasteiger partial charge >= 0.3 is 0 Å². The Morgan fingerprint density at radius 1 is 0.362 bits per heavy atom. The highest BCUT2D eigenvalue weighted by molar-refractivity contribution is 5.90. The zero-order valence-electron chi connectivity index (χ0n) is 56.9. The van der Waals surface area contributed by atoms with E-state index in [4.69, 9.17) is 19.9 Å². The molecular formula is C82H84N12+4. The van der Waals surface area contributed by atoms with Gasteiger partial charge < -0.3 is 0 Å². The lowest BCUT2D eigenvalue weighted by Crippen LogP contribution is -2.31. The first kappa shape index (κ1) is 62.1. The first-order valence-electron chi connectivity index (χ1n) is 32.5. The summed E-state index contributed by atoms with van der Waals surface area (Å²) in [6.07, 6.45) is 17.9. The zero-order chi connectivity index (χ0) is 65.9. The van der Waals surface area contributed by atoms with Gasteiger partial charge in [0.05, 0.1) is 66.4 Å². The Bertz CT molecular complexity index is 5570. The van der Waals surface area contributed by atoms with Crippen LogP contribution in [0, 0.1) is 47.0 Å². The fraction of sp³-hybridized carbons (Fsp3) is 0.220. The number of nitrogens with zero attached hydrogens (tertiary/aromatic N) is 12. The average Bonchev–Trinajstić information content (AvgIpc) is 1.60. The summed E-state index contributed by atoms with van der Waals surface area (Å²) >= 11 is 0. The van der Waals surface area contributed by atoms with Crippen LogP contribution >= 0.6 is 0 Å². The smallest absolute Gasteiger partial charge is 0.212 e. The maximum absolute atomic E-state index is 4.81. The molecule has 0 saturated heterocycles. The average molecular weight is 1240 g/mol. The number of aryl methyl sites for hydroxylation is 10. The summed E-state index contributed by atoms with van der Waals surface area (Å²) in [7, 11) is 8.40. The molecule has 12 heteroatoms. The molecule has 16 rings (SSSR count). The van der Waals surface area contributed by atoms with Gasteiger partial charge in [0.25, 0.3) is 0 Å². The summed E-state index contributed by atoms with van der Waals surface area (Å²) in [6.45, 7) is 24.3. The van der Waals surface area contributed by atoms with Crippen molar-refractivity contribution in [3.63, 3.8) is 0 Å². The molecule has 0 amide bonds. The molecule has 0 fully saturated rings. The van der Waals surface area contributed by atoms with Gasteiger partial charge in [0.2, 0.25) is 22.8 Å². The van der Waals surface area contributed by atoms with Crippen LogP contribution in [-0.4, -0.2) is 37.5 Å². The maximum atomic E-state index is 4.81. The number of aromatic nitrogens is 12. The minimum Gasteiger partial charge on any atom is -0.300 e. The normalized spacial score (nSPS) is 11.7. The van der Waals surface area contributed by atoms with Gasteiger partial charge in [0, 0.05) is 72.8 Å². The molecule has 0 N–H and O–H groups in total.